The fourth-order valence-electron chi connectivity index (χ4n) is 2.90. The van der Waals surface area contributed by atoms with E-state index in [9.17, 15) is 9.59 Å². The first-order chi connectivity index (χ1) is 12.5. The number of aromatic nitrogens is 1. The van der Waals surface area contributed by atoms with Crippen molar-refractivity contribution in [2.24, 2.45) is 0 Å². The first-order valence-corrected chi connectivity index (χ1v) is 9.30. The second-order valence-electron chi connectivity index (χ2n) is 6.24. The molecule has 2 aromatic heterocycles. The van der Waals surface area contributed by atoms with Gasteiger partial charge < -0.3 is 9.30 Å². The highest BCUT2D eigenvalue weighted by Crippen LogP contribution is 2.20. The monoisotopic (exact) mass is 367 g/mol. The van der Waals surface area contributed by atoms with E-state index in [1.54, 1.807) is 35.6 Å². The minimum atomic E-state index is -0.0498. The molecule has 0 bridgehead atoms. The topological polar surface area (TPSA) is 48.3 Å². The van der Waals surface area contributed by atoms with Gasteiger partial charge in [-0.3, -0.25) is 9.59 Å². The molecule has 3 rings (SSSR count). The van der Waals surface area contributed by atoms with E-state index in [4.69, 9.17) is 4.74 Å². The SMILES string of the molecule is CC(=O)c1ccc(OCC(=O)c2cc(C)n(Cc3cccs3)c2C)cc1. The molecule has 0 saturated heterocycles. The van der Waals surface area contributed by atoms with Crippen molar-refractivity contribution >= 4 is 22.9 Å². The summed E-state index contributed by atoms with van der Waals surface area (Å²) in [4.78, 5) is 25.1. The molecule has 0 radical (unpaired) electrons. The lowest BCUT2D eigenvalue weighted by Gasteiger charge is -2.09. The van der Waals surface area contributed by atoms with Gasteiger partial charge in [-0.2, -0.15) is 0 Å². The van der Waals surface area contributed by atoms with Crippen LogP contribution < -0.4 is 4.74 Å². The molecule has 3 aromatic rings. The number of ketones is 2. The van der Waals surface area contributed by atoms with Gasteiger partial charge in [0.1, 0.15) is 5.75 Å². The van der Waals surface area contributed by atoms with Crippen LogP contribution >= 0.6 is 11.3 Å². The fraction of sp³-hybridized carbons (Fsp3) is 0.238. The zero-order valence-electron chi connectivity index (χ0n) is 15.1. The molecule has 0 aliphatic rings. The van der Waals surface area contributed by atoms with Crippen molar-refractivity contribution in [1.29, 1.82) is 0 Å². The van der Waals surface area contributed by atoms with Gasteiger partial charge in [-0.1, -0.05) is 6.07 Å². The molecule has 134 valence electrons. The Morgan fingerprint density at radius 1 is 1.12 bits per heavy atom. The molecule has 0 atom stereocenters. The number of benzene rings is 1. The van der Waals surface area contributed by atoms with E-state index in [1.165, 1.54) is 11.8 Å². The molecule has 26 heavy (non-hydrogen) atoms. The van der Waals surface area contributed by atoms with Crippen LogP contribution in [0.2, 0.25) is 0 Å². The summed E-state index contributed by atoms with van der Waals surface area (Å²) in [5, 5.41) is 2.06. The summed E-state index contributed by atoms with van der Waals surface area (Å²) in [7, 11) is 0. The molecular formula is C21H21NO3S. The van der Waals surface area contributed by atoms with Gasteiger partial charge in [0.25, 0.3) is 0 Å². The van der Waals surface area contributed by atoms with Crippen LogP contribution in [0, 0.1) is 13.8 Å². The smallest absolute Gasteiger partial charge is 0.202 e. The maximum absolute atomic E-state index is 12.6. The van der Waals surface area contributed by atoms with E-state index in [-0.39, 0.29) is 18.2 Å². The first kappa shape index (κ1) is 18.1. The Bertz CT molecular complexity index is 921. The van der Waals surface area contributed by atoms with E-state index in [0.29, 0.717) is 16.9 Å². The van der Waals surface area contributed by atoms with Gasteiger partial charge in [-0.05, 0) is 62.5 Å². The summed E-state index contributed by atoms with van der Waals surface area (Å²) in [6.45, 7) is 6.25. The third-order valence-electron chi connectivity index (χ3n) is 4.40. The third-order valence-corrected chi connectivity index (χ3v) is 5.26. The van der Waals surface area contributed by atoms with Crippen LogP contribution in [0.25, 0.3) is 0 Å². The van der Waals surface area contributed by atoms with Gasteiger partial charge in [0.2, 0.25) is 5.78 Å². The highest BCUT2D eigenvalue weighted by molar-refractivity contribution is 7.09. The van der Waals surface area contributed by atoms with Crippen molar-refractivity contribution in [2.75, 3.05) is 6.61 Å². The maximum Gasteiger partial charge on any atom is 0.202 e. The number of aryl methyl sites for hydroxylation is 1. The van der Waals surface area contributed by atoms with Gasteiger partial charge in [0, 0.05) is 27.4 Å². The highest BCUT2D eigenvalue weighted by Gasteiger charge is 2.16. The Kier molecular flexibility index (Phi) is 5.38. The zero-order chi connectivity index (χ0) is 18.7. The number of thiophene rings is 1. The number of hydrogen-bond acceptors (Lipinski definition) is 4. The first-order valence-electron chi connectivity index (χ1n) is 8.42. The lowest BCUT2D eigenvalue weighted by atomic mass is 10.1. The molecule has 1 aromatic carbocycles. The maximum atomic E-state index is 12.6. The van der Waals surface area contributed by atoms with Crippen LogP contribution in [0.1, 0.15) is 43.9 Å². The molecular weight excluding hydrogens is 346 g/mol. The van der Waals surface area contributed by atoms with Crippen LogP contribution in [0.3, 0.4) is 0 Å². The molecule has 0 spiro atoms. The van der Waals surface area contributed by atoms with Crippen molar-refractivity contribution in [2.45, 2.75) is 27.3 Å². The van der Waals surface area contributed by atoms with Crippen LogP contribution in [0.4, 0.5) is 0 Å². The molecule has 0 fully saturated rings. The van der Waals surface area contributed by atoms with Gasteiger partial charge in [-0.15, -0.1) is 11.3 Å². The van der Waals surface area contributed by atoms with E-state index in [2.05, 4.69) is 16.0 Å². The minimum absolute atomic E-state index is 0.00538. The Morgan fingerprint density at radius 2 is 1.85 bits per heavy atom. The normalized spacial score (nSPS) is 10.7. The van der Waals surface area contributed by atoms with Gasteiger partial charge >= 0.3 is 0 Å². The Hall–Kier alpha value is -2.66. The lowest BCUT2D eigenvalue weighted by Crippen LogP contribution is -2.13. The lowest BCUT2D eigenvalue weighted by molar-refractivity contribution is 0.0919. The quantitative estimate of drug-likeness (QED) is 0.570. The summed E-state index contributed by atoms with van der Waals surface area (Å²) >= 11 is 1.71. The van der Waals surface area contributed by atoms with E-state index < -0.39 is 0 Å². The number of rotatable bonds is 7. The van der Waals surface area contributed by atoms with Crippen molar-refractivity contribution < 1.29 is 14.3 Å². The number of ether oxygens (including phenoxy) is 1. The predicted octanol–water partition coefficient (Wildman–Crippen LogP) is 4.68. The van der Waals surface area contributed by atoms with Crippen LogP contribution in [-0.2, 0) is 6.54 Å². The van der Waals surface area contributed by atoms with Crippen molar-refractivity contribution in [3.8, 4) is 5.75 Å². The summed E-state index contributed by atoms with van der Waals surface area (Å²) in [5.41, 5.74) is 3.33. The molecule has 5 heteroatoms. The van der Waals surface area contributed by atoms with Crippen LogP contribution in [-0.4, -0.2) is 22.7 Å². The summed E-state index contributed by atoms with van der Waals surface area (Å²) in [6.07, 6.45) is 0. The van der Waals surface area contributed by atoms with Crippen molar-refractivity contribution in [1.82, 2.24) is 4.57 Å². The van der Waals surface area contributed by atoms with Gasteiger partial charge in [0.05, 0.1) is 6.54 Å². The number of nitrogens with zero attached hydrogens (tertiary/aromatic N) is 1. The van der Waals surface area contributed by atoms with Gasteiger partial charge in [0.15, 0.2) is 12.4 Å². The zero-order valence-corrected chi connectivity index (χ0v) is 15.9. The average molecular weight is 367 g/mol. The second kappa shape index (κ2) is 7.70. The molecule has 0 saturated carbocycles. The largest absolute Gasteiger partial charge is 0.485 e. The number of hydrogen-bond donors (Lipinski definition) is 0. The average Bonchev–Trinajstić information content (AvgIpc) is 3.24. The van der Waals surface area contributed by atoms with Crippen LogP contribution in [0.5, 0.6) is 5.75 Å². The van der Waals surface area contributed by atoms with E-state index in [1.807, 2.05) is 26.0 Å². The molecule has 4 nitrogen and oxygen atoms in total. The highest BCUT2D eigenvalue weighted by atomic mass is 32.1. The Labute approximate surface area is 157 Å². The fourth-order valence-corrected chi connectivity index (χ4v) is 3.59. The summed E-state index contributed by atoms with van der Waals surface area (Å²) in [5.74, 6) is 0.535. The molecule has 2 heterocycles. The predicted molar refractivity (Wildman–Crippen MR) is 104 cm³/mol. The second-order valence-corrected chi connectivity index (χ2v) is 7.27. The summed E-state index contributed by atoms with van der Waals surface area (Å²) < 4.78 is 7.75. The molecule has 0 aliphatic heterocycles. The molecule has 0 N–H and O–H groups in total. The number of carbonyl (C=O) groups excluding carboxylic acids is 2. The Morgan fingerprint density at radius 3 is 2.46 bits per heavy atom. The number of carbonyl (C=O) groups is 2. The van der Waals surface area contributed by atoms with E-state index >= 15 is 0 Å². The molecule has 0 unspecified atom stereocenters. The van der Waals surface area contributed by atoms with E-state index in [0.717, 1.165) is 17.9 Å². The standard InChI is InChI=1S/C21H21NO3S/c1-14-11-20(15(2)22(14)12-19-5-4-10-26-19)21(24)13-25-18-8-6-17(7-9-18)16(3)23/h4-11H,12-13H2,1-3H3. The van der Waals surface area contributed by atoms with Gasteiger partial charge in [-0.25, -0.2) is 0 Å². The Balaban J connectivity index is 1.69. The minimum Gasteiger partial charge on any atom is -0.485 e. The molecule has 0 amide bonds. The van der Waals surface area contributed by atoms with Crippen molar-refractivity contribution in [3.05, 3.63) is 75.2 Å². The molecule has 0 aliphatic carbocycles. The number of Topliss-reactive ketones (excluding diaryl/α,β-unsaturated/α-hetero) is 2. The van der Waals surface area contributed by atoms with Crippen molar-refractivity contribution in [3.63, 3.8) is 0 Å². The third kappa shape index (κ3) is 3.94. The summed E-state index contributed by atoms with van der Waals surface area (Å²) in [6, 6.07) is 12.9. The van der Waals surface area contributed by atoms with Crippen LogP contribution in [0.15, 0.2) is 47.8 Å².